The fourth-order valence-corrected chi connectivity index (χ4v) is 2.86. The summed E-state index contributed by atoms with van der Waals surface area (Å²) in [5.74, 6) is 6.55. The van der Waals surface area contributed by atoms with E-state index in [-0.39, 0.29) is 11.9 Å². The van der Waals surface area contributed by atoms with Gasteiger partial charge >= 0.3 is 0 Å². The van der Waals surface area contributed by atoms with Gasteiger partial charge in [0.2, 0.25) is 0 Å². The second kappa shape index (κ2) is 6.01. The zero-order valence-electron chi connectivity index (χ0n) is 10.6. The minimum Gasteiger partial charge on any atom is -0.496 e. The molecule has 1 aromatic carbocycles. The van der Waals surface area contributed by atoms with Crippen LogP contribution in [0.15, 0.2) is 29.6 Å². The Kier molecular flexibility index (Phi) is 4.36. The first-order chi connectivity index (χ1) is 9.21. The van der Waals surface area contributed by atoms with E-state index in [9.17, 15) is 4.39 Å². The van der Waals surface area contributed by atoms with E-state index in [2.05, 4.69) is 5.43 Å². The molecule has 0 bridgehead atoms. The molecule has 0 aliphatic heterocycles. The molecule has 4 nitrogen and oxygen atoms in total. The molecule has 2 aromatic rings. The lowest BCUT2D eigenvalue weighted by molar-refractivity contribution is 0.395. The molecular formula is C13H15FN2O2S. The topological polar surface area (TPSA) is 56.5 Å². The van der Waals surface area contributed by atoms with Crippen molar-refractivity contribution in [3.05, 3.63) is 45.9 Å². The molecule has 0 saturated heterocycles. The number of hydrazine groups is 1. The maximum atomic E-state index is 13.5. The van der Waals surface area contributed by atoms with Gasteiger partial charge in [0.25, 0.3) is 0 Å². The maximum absolute atomic E-state index is 13.5. The summed E-state index contributed by atoms with van der Waals surface area (Å²) in [7, 11) is 3.12. The van der Waals surface area contributed by atoms with Crippen molar-refractivity contribution in [2.45, 2.75) is 6.04 Å². The number of methoxy groups -OCH3 is 2. The third-order valence-electron chi connectivity index (χ3n) is 2.81. The van der Waals surface area contributed by atoms with Gasteiger partial charge in [0.15, 0.2) is 0 Å². The second-order valence-electron chi connectivity index (χ2n) is 3.84. The van der Waals surface area contributed by atoms with Gasteiger partial charge in [0.05, 0.1) is 25.1 Å². The van der Waals surface area contributed by atoms with E-state index in [0.717, 1.165) is 4.88 Å². The zero-order chi connectivity index (χ0) is 13.8. The number of thiophene rings is 1. The van der Waals surface area contributed by atoms with Gasteiger partial charge in [0, 0.05) is 5.56 Å². The average molecular weight is 282 g/mol. The number of benzene rings is 1. The Morgan fingerprint density at radius 3 is 2.58 bits per heavy atom. The minimum atomic E-state index is -0.388. The van der Waals surface area contributed by atoms with E-state index in [1.54, 1.807) is 13.2 Å². The van der Waals surface area contributed by atoms with Crippen molar-refractivity contribution in [3.63, 3.8) is 0 Å². The highest BCUT2D eigenvalue weighted by molar-refractivity contribution is 7.10. The molecule has 0 amide bonds. The van der Waals surface area contributed by atoms with Crippen LogP contribution in [0.4, 0.5) is 4.39 Å². The summed E-state index contributed by atoms with van der Waals surface area (Å²) < 4.78 is 24.0. The Hall–Kier alpha value is -1.63. The Morgan fingerprint density at radius 1 is 1.21 bits per heavy atom. The van der Waals surface area contributed by atoms with Crippen LogP contribution in [0.3, 0.4) is 0 Å². The zero-order valence-corrected chi connectivity index (χ0v) is 11.5. The summed E-state index contributed by atoms with van der Waals surface area (Å²) in [6, 6.07) is 5.79. The van der Waals surface area contributed by atoms with Crippen LogP contribution in [0.5, 0.6) is 11.5 Å². The van der Waals surface area contributed by atoms with Gasteiger partial charge in [-0.25, -0.2) is 9.82 Å². The van der Waals surface area contributed by atoms with Crippen LogP contribution < -0.4 is 20.7 Å². The summed E-state index contributed by atoms with van der Waals surface area (Å²) in [5.41, 5.74) is 3.31. The molecule has 1 unspecified atom stereocenters. The number of ether oxygens (including phenoxy) is 2. The first kappa shape index (κ1) is 13.8. The second-order valence-corrected chi connectivity index (χ2v) is 4.79. The summed E-state index contributed by atoms with van der Waals surface area (Å²) in [4.78, 5) is 0.869. The Balaban J connectivity index is 2.50. The highest BCUT2D eigenvalue weighted by Gasteiger charge is 2.22. The van der Waals surface area contributed by atoms with E-state index in [4.69, 9.17) is 15.3 Å². The van der Waals surface area contributed by atoms with Crippen LogP contribution in [0, 0.1) is 5.82 Å². The molecule has 0 aliphatic rings. The fourth-order valence-electron chi connectivity index (χ4n) is 1.93. The number of rotatable bonds is 5. The monoisotopic (exact) mass is 282 g/mol. The molecule has 19 heavy (non-hydrogen) atoms. The number of nitrogens with two attached hydrogens (primary N) is 1. The largest absolute Gasteiger partial charge is 0.496 e. The third-order valence-corrected chi connectivity index (χ3v) is 3.77. The minimum absolute atomic E-state index is 0.341. The SMILES string of the molecule is COc1ccc(F)cc1C(NN)c1sccc1OC. The maximum Gasteiger partial charge on any atom is 0.134 e. The number of hydrogen-bond acceptors (Lipinski definition) is 5. The standard InChI is InChI=1S/C13H15FN2O2S/c1-17-10-4-3-8(14)7-9(10)12(16-15)13-11(18-2)5-6-19-13/h3-7,12,16H,15H2,1-2H3. The van der Waals surface area contributed by atoms with Crippen LogP contribution in [-0.2, 0) is 0 Å². The molecular weight excluding hydrogens is 267 g/mol. The molecule has 0 aliphatic carbocycles. The summed E-state index contributed by atoms with van der Waals surface area (Å²) in [6.07, 6.45) is 0. The van der Waals surface area contributed by atoms with E-state index in [1.165, 1.54) is 30.6 Å². The Bertz CT molecular complexity index is 559. The molecule has 102 valence electrons. The average Bonchev–Trinajstić information content (AvgIpc) is 2.88. The first-order valence-corrected chi connectivity index (χ1v) is 6.50. The van der Waals surface area contributed by atoms with E-state index >= 15 is 0 Å². The van der Waals surface area contributed by atoms with Crippen molar-refractivity contribution in [1.29, 1.82) is 0 Å². The molecule has 0 saturated carbocycles. The fraction of sp³-hybridized carbons (Fsp3) is 0.231. The highest BCUT2D eigenvalue weighted by atomic mass is 32.1. The van der Waals surface area contributed by atoms with Crippen LogP contribution in [0.25, 0.3) is 0 Å². The van der Waals surface area contributed by atoms with Crippen LogP contribution in [-0.4, -0.2) is 14.2 Å². The molecule has 0 spiro atoms. The van der Waals surface area contributed by atoms with Crippen molar-refractivity contribution in [1.82, 2.24) is 5.43 Å². The molecule has 1 atom stereocenters. The van der Waals surface area contributed by atoms with E-state index < -0.39 is 0 Å². The van der Waals surface area contributed by atoms with Gasteiger partial charge in [-0.05, 0) is 29.6 Å². The van der Waals surface area contributed by atoms with Crippen LogP contribution in [0.2, 0.25) is 0 Å². The lowest BCUT2D eigenvalue weighted by Crippen LogP contribution is -2.29. The summed E-state index contributed by atoms with van der Waals surface area (Å²) >= 11 is 1.48. The van der Waals surface area contributed by atoms with Crippen molar-refractivity contribution in [2.24, 2.45) is 5.84 Å². The lowest BCUT2D eigenvalue weighted by Gasteiger charge is -2.19. The highest BCUT2D eigenvalue weighted by Crippen LogP contribution is 2.37. The molecule has 0 fully saturated rings. The summed E-state index contributed by atoms with van der Waals surface area (Å²) in [6.45, 7) is 0. The number of halogens is 1. The number of hydrogen-bond donors (Lipinski definition) is 2. The Labute approximate surface area is 114 Å². The molecule has 3 N–H and O–H groups in total. The molecule has 1 heterocycles. The molecule has 1 aromatic heterocycles. The normalized spacial score (nSPS) is 12.2. The van der Waals surface area contributed by atoms with Gasteiger partial charge in [-0.15, -0.1) is 11.3 Å². The van der Waals surface area contributed by atoms with Crippen molar-refractivity contribution in [2.75, 3.05) is 14.2 Å². The van der Waals surface area contributed by atoms with Crippen molar-refractivity contribution in [3.8, 4) is 11.5 Å². The van der Waals surface area contributed by atoms with Crippen molar-refractivity contribution >= 4 is 11.3 Å². The van der Waals surface area contributed by atoms with E-state index in [1.807, 2.05) is 11.4 Å². The quantitative estimate of drug-likeness (QED) is 0.653. The van der Waals surface area contributed by atoms with Crippen LogP contribution in [0.1, 0.15) is 16.5 Å². The van der Waals surface area contributed by atoms with Gasteiger partial charge in [-0.1, -0.05) is 0 Å². The van der Waals surface area contributed by atoms with Crippen molar-refractivity contribution < 1.29 is 13.9 Å². The predicted octanol–water partition coefficient (Wildman–Crippen LogP) is 2.46. The Morgan fingerprint density at radius 2 is 1.95 bits per heavy atom. The predicted molar refractivity (Wildman–Crippen MR) is 73.0 cm³/mol. The summed E-state index contributed by atoms with van der Waals surface area (Å²) in [5, 5.41) is 1.89. The van der Waals surface area contributed by atoms with Crippen LogP contribution >= 0.6 is 11.3 Å². The molecule has 6 heteroatoms. The first-order valence-electron chi connectivity index (χ1n) is 5.62. The third kappa shape index (κ3) is 2.70. The smallest absolute Gasteiger partial charge is 0.134 e. The van der Waals surface area contributed by atoms with Gasteiger partial charge < -0.3 is 9.47 Å². The van der Waals surface area contributed by atoms with E-state index in [0.29, 0.717) is 17.1 Å². The lowest BCUT2D eigenvalue weighted by atomic mass is 10.0. The van der Waals surface area contributed by atoms with Gasteiger partial charge in [-0.3, -0.25) is 5.84 Å². The molecule has 0 radical (unpaired) electrons. The molecule has 2 rings (SSSR count). The van der Waals surface area contributed by atoms with Gasteiger partial charge in [0.1, 0.15) is 17.3 Å². The van der Waals surface area contributed by atoms with Gasteiger partial charge in [-0.2, -0.15) is 0 Å². The number of nitrogens with one attached hydrogen (secondary N) is 1.